The Bertz CT molecular complexity index is 383. The Morgan fingerprint density at radius 1 is 1.35 bits per heavy atom. The van der Waals surface area contributed by atoms with Crippen LogP contribution in [-0.2, 0) is 0 Å². The normalized spacial score (nSPS) is 19.1. The summed E-state index contributed by atoms with van der Waals surface area (Å²) in [6, 6.07) is 5.15. The van der Waals surface area contributed by atoms with Crippen molar-refractivity contribution in [1.82, 2.24) is 4.98 Å². The third kappa shape index (κ3) is 2.71. The van der Waals surface area contributed by atoms with Crippen LogP contribution < -0.4 is 10.2 Å². The van der Waals surface area contributed by atoms with E-state index in [1.807, 2.05) is 6.20 Å². The lowest BCUT2D eigenvalue weighted by molar-refractivity contribution is 0.718. The molecule has 3 nitrogen and oxygen atoms in total. The predicted octanol–water partition coefficient (Wildman–Crippen LogP) is 2.89. The molecule has 0 spiro atoms. The minimum atomic E-state index is 0.799. The van der Waals surface area contributed by atoms with Crippen LogP contribution in [0.3, 0.4) is 0 Å². The number of hydrogen-bond acceptors (Lipinski definition) is 3. The fraction of sp³-hybridized carbons (Fsp3) is 0.643. The maximum Gasteiger partial charge on any atom is 0.127 e. The first-order chi connectivity index (χ1) is 8.36. The third-order valence-electron chi connectivity index (χ3n) is 3.57. The number of nitrogens with one attached hydrogen (secondary N) is 1. The van der Waals surface area contributed by atoms with Gasteiger partial charge in [-0.1, -0.05) is 0 Å². The summed E-state index contributed by atoms with van der Waals surface area (Å²) >= 11 is 0. The second-order valence-corrected chi connectivity index (χ2v) is 5.26. The predicted molar refractivity (Wildman–Crippen MR) is 71.5 cm³/mol. The van der Waals surface area contributed by atoms with Gasteiger partial charge in [-0.3, -0.25) is 0 Å². The lowest BCUT2D eigenvalue weighted by Crippen LogP contribution is -2.28. The zero-order chi connectivity index (χ0) is 11.7. The van der Waals surface area contributed by atoms with Gasteiger partial charge in [0, 0.05) is 37.1 Å². The van der Waals surface area contributed by atoms with Crippen molar-refractivity contribution in [1.29, 1.82) is 0 Å². The molecule has 17 heavy (non-hydrogen) atoms. The van der Waals surface area contributed by atoms with Crippen LogP contribution in [0.5, 0.6) is 0 Å². The Kier molecular flexibility index (Phi) is 2.91. The van der Waals surface area contributed by atoms with Crippen molar-refractivity contribution >= 4 is 11.5 Å². The minimum absolute atomic E-state index is 0.799. The number of rotatable bonds is 6. The van der Waals surface area contributed by atoms with E-state index in [4.69, 9.17) is 0 Å². The molecule has 1 aromatic heterocycles. The first-order valence-electron chi connectivity index (χ1n) is 6.83. The first kappa shape index (κ1) is 10.9. The van der Waals surface area contributed by atoms with Crippen molar-refractivity contribution in [2.45, 2.75) is 38.6 Å². The zero-order valence-corrected chi connectivity index (χ0v) is 10.5. The Balaban J connectivity index is 1.76. The minimum Gasteiger partial charge on any atom is -0.370 e. The Morgan fingerprint density at radius 2 is 2.18 bits per heavy atom. The van der Waals surface area contributed by atoms with Crippen molar-refractivity contribution in [3.05, 3.63) is 18.3 Å². The summed E-state index contributed by atoms with van der Waals surface area (Å²) in [6.45, 7) is 4.29. The molecule has 0 radical (unpaired) electrons. The molecule has 1 heterocycles. The second-order valence-electron chi connectivity index (χ2n) is 5.26. The van der Waals surface area contributed by atoms with Crippen LogP contribution >= 0.6 is 0 Å². The number of anilines is 2. The molecule has 92 valence electrons. The fourth-order valence-electron chi connectivity index (χ4n) is 2.31. The molecular weight excluding hydrogens is 210 g/mol. The summed E-state index contributed by atoms with van der Waals surface area (Å²) < 4.78 is 0. The van der Waals surface area contributed by atoms with Crippen molar-refractivity contribution in [2.75, 3.05) is 23.3 Å². The molecule has 3 heteroatoms. The molecule has 0 bridgehead atoms. The first-order valence-corrected chi connectivity index (χ1v) is 6.83. The summed E-state index contributed by atoms with van der Waals surface area (Å²) in [5.41, 5.74) is 1.35. The van der Waals surface area contributed by atoms with E-state index in [2.05, 4.69) is 34.3 Å². The van der Waals surface area contributed by atoms with Crippen LogP contribution in [0.1, 0.15) is 32.6 Å². The van der Waals surface area contributed by atoms with Crippen molar-refractivity contribution < 1.29 is 0 Å². The van der Waals surface area contributed by atoms with Gasteiger partial charge in [0.25, 0.3) is 0 Å². The highest BCUT2D eigenvalue weighted by Gasteiger charge is 2.33. The van der Waals surface area contributed by atoms with E-state index in [1.165, 1.54) is 37.9 Å². The van der Waals surface area contributed by atoms with Gasteiger partial charge < -0.3 is 10.2 Å². The van der Waals surface area contributed by atoms with Crippen molar-refractivity contribution in [3.63, 3.8) is 0 Å². The average molecular weight is 231 g/mol. The quantitative estimate of drug-likeness (QED) is 0.816. The summed E-state index contributed by atoms with van der Waals surface area (Å²) in [7, 11) is 0. The molecule has 3 rings (SSSR count). The molecular formula is C14H21N3. The molecule has 1 aromatic rings. The monoisotopic (exact) mass is 231 g/mol. The topological polar surface area (TPSA) is 28.2 Å². The standard InChI is InChI=1S/C14H21N3/c1-2-15-14-9-13(7-8-16-14)17(12-5-6-12)10-11-3-4-11/h7-9,11-12H,2-6,10H2,1H3,(H,15,16). The highest BCUT2D eigenvalue weighted by Crippen LogP contribution is 2.37. The van der Waals surface area contributed by atoms with Gasteiger partial charge in [-0.05, 0) is 44.6 Å². The van der Waals surface area contributed by atoms with Gasteiger partial charge in [0.05, 0.1) is 0 Å². The van der Waals surface area contributed by atoms with Gasteiger partial charge in [-0.15, -0.1) is 0 Å². The van der Waals surface area contributed by atoms with Crippen LogP contribution in [0.2, 0.25) is 0 Å². The van der Waals surface area contributed by atoms with Gasteiger partial charge in [-0.2, -0.15) is 0 Å². The number of aromatic nitrogens is 1. The summed E-state index contributed by atoms with van der Waals surface area (Å²) in [5, 5.41) is 3.29. The van der Waals surface area contributed by atoms with Crippen molar-refractivity contribution in [3.8, 4) is 0 Å². The fourth-order valence-corrected chi connectivity index (χ4v) is 2.31. The van der Waals surface area contributed by atoms with E-state index < -0.39 is 0 Å². The maximum absolute atomic E-state index is 4.35. The van der Waals surface area contributed by atoms with E-state index in [0.717, 1.165) is 24.3 Å². The van der Waals surface area contributed by atoms with E-state index in [1.54, 1.807) is 0 Å². The lowest BCUT2D eigenvalue weighted by Gasteiger charge is -2.25. The molecule has 1 N–H and O–H groups in total. The smallest absolute Gasteiger partial charge is 0.127 e. The zero-order valence-electron chi connectivity index (χ0n) is 10.5. The third-order valence-corrected chi connectivity index (χ3v) is 3.57. The van der Waals surface area contributed by atoms with Gasteiger partial charge in [0.1, 0.15) is 5.82 Å². The van der Waals surface area contributed by atoms with E-state index in [9.17, 15) is 0 Å². The Hall–Kier alpha value is -1.25. The summed E-state index contributed by atoms with van der Waals surface area (Å²) in [5.74, 6) is 1.96. The van der Waals surface area contributed by atoms with Gasteiger partial charge in [-0.25, -0.2) is 4.98 Å². The molecule has 0 aliphatic heterocycles. The largest absolute Gasteiger partial charge is 0.370 e. The molecule has 0 aromatic carbocycles. The van der Waals surface area contributed by atoms with Crippen LogP contribution in [0.15, 0.2) is 18.3 Å². The molecule has 0 atom stereocenters. The van der Waals surface area contributed by atoms with Crippen LogP contribution in [0, 0.1) is 5.92 Å². The van der Waals surface area contributed by atoms with E-state index >= 15 is 0 Å². The van der Waals surface area contributed by atoms with Crippen molar-refractivity contribution in [2.24, 2.45) is 5.92 Å². The Morgan fingerprint density at radius 3 is 2.82 bits per heavy atom. The summed E-state index contributed by atoms with van der Waals surface area (Å²) in [6.07, 6.45) is 7.51. The molecule has 2 aliphatic rings. The Labute approximate surface area is 103 Å². The van der Waals surface area contributed by atoms with Crippen LogP contribution in [0.4, 0.5) is 11.5 Å². The highest BCUT2D eigenvalue weighted by molar-refractivity contribution is 5.55. The van der Waals surface area contributed by atoms with Gasteiger partial charge in [0.15, 0.2) is 0 Å². The number of hydrogen-bond donors (Lipinski definition) is 1. The molecule has 0 unspecified atom stereocenters. The number of pyridine rings is 1. The van der Waals surface area contributed by atoms with Crippen LogP contribution in [-0.4, -0.2) is 24.1 Å². The highest BCUT2D eigenvalue weighted by atomic mass is 15.2. The molecule has 0 amide bonds. The summed E-state index contributed by atoms with van der Waals surface area (Å²) in [4.78, 5) is 6.95. The second kappa shape index (κ2) is 4.55. The SMILES string of the molecule is CCNc1cc(N(CC2CC2)C2CC2)ccn1. The van der Waals surface area contributed by atoms with E-state index in [0.29, 0.717) is 0 Å². The maximum atomic E-state index is 4.35. The molecule has 2 saturated carbocycles. The molecule has 2 aliphatic carbocycles. The molecule has 0 saturated heterocycles. The lowest BCUT2D eigenvalue weighted by atomic mass is 10.3. The average Bonchev–Trinajstić information content (AvgIpc) is 3.20. The van der Waals surface area contributed by atoms with E-state index in [-0.39, 0.29) is 0 Å². The van der Waals surface area contributed by atoms with Gasteiger partial charge in [0.2, 0.25) is 0 Å². The number of nitrogens with zero attached hydrogens (tertiary/aromatic N) is 2. The molecule has 2 fully saturated rings. The van der Waals surface area contributed by atoms with Crippen LogP contribution in [0.25, 0.3) is 0 Å². The van der Waals surface area contributed by atoms with Gasteiger partial charge >= 0.3 is 0 Å².